The summed E-state index contributed by atoms with van der Waals surface area (Å²) in [7, 11) is 1.57. The van der Waals surface area contributed by atoms with E-state index in [1.165, 1.54) is 0 Å². The Labute approximate surface area is 122 Å². The molecule has 2 aromatic rings. The average molecular weight is 290 g/mol. The molecule has 0 spiro atoms. The van der Waals surface area contributed by atoms with Gasteiger partial charge in [-0.15, -0.1) is 0 Å². The fraction of sp³-hybridized carbons (Fsp3) is 0.500. The van der Waals surface area contributed by atoms with Gasteiger partial charge in [0.05, 0.1) is 12.5 Å². The van der Waals surface area contributed by atoms with E-state index in [-0.39, 0.29) is 5.41 Å². The lowest BCUT2D eigenvalue weighted by molar-refractivity contribution is 0.0409. The van der Waals surface area contributed by atoms with Crippen molar-refractivity contribution in [3.8, 4) is 17.3 Å². The molecule has 1 fully saturated rings. The number of rotatable bonds is 4. The maximum Gasteiger partial charge on any atom is 0.234 e. The molecule has 3 rings (SSSR count). The lowest BCUT2D eigenvalue weighted by Crippen LogP contribution is -2.40. The van der Waals surface area contributed by atoms with Gasteiger partial charge in [0, 0.05) is 37.6 Å². The fourth-order valence-corrected chi connectivity index (χ4v) is 2.46. The molecule has 0 saturated carbocycles. The third kappa shape index (κ3) is 2.62. The molecule has 2 aromatic heterocycles. The fourth-order valence-electron chi connectivity index (χ4n) is 2.46. The van der Waals surface area contributed by atoms with Crippen molar-refractivity contribution in [1.29, 1.82) is 0 Å². The molecule has 7 heteroatoms. The molecule has 21 heavy (non-hydrogen) atoms. The van der Waals surface area contributed by atoms with E-state index in [2.05, 4.69) is 15.1 Å². The van der Waals surface area contributed by atoms with Gasteiger partial charge in [-0.1, -0.05) is 5.16 Å². The van der Waals surface area contributed by atoms with Crippen LogP contribution in [0.25, 0.3) is 11.4 Å². The summed E-state index contributed by atoms with van der Waals surface area (Å²) in [4.78, 5) is 8.65. The van der Waals surface area contributed by atoms with Crippen LogP contribution in [0.1, 0.15) is 18.7 Å². The number of ether oxygens (including phenoxy) is 2. The minimum absolute atomic E-state index is 0.274. The Morgan fingerprint density at radius 1 is 1.33 bits per heavy atom. The number of nitrogens with two attached hydrogens (primary N) is 1. The Bertz CT molecular complexity index is 591. The summed E-state index contributed by atoms with van der Waals surface area (Å²) in [5, 5.41) is 4.05. The van der Waals surface area contributed by atoms with Gasteiger partial charge < -0.3 is 19.7 Å². The summed E-state index contributed by atoms with van der Waals surface area (Å²) in [6.45, 7) is 1.80. The molecule has 0 amide bonds. The smallest absolute Gasteiger partial charge is 0.234 e. The molecule has 0 unspecified atom stereocenters. The molecule has 112 valence electrons. The van der Waals surface area contributed by atoms with Gasteiger partial charge in [-0.25, -0.2) is 4.98 Å². The summed E-state index contributed by atoms with van der Waals surface area (Å²) < 4.78 is 15.9. The minimum Gasteiger partial charge on any atom is -0.481 e. The third-order valence-electron chi connectivity index (χ3n) is 3.92. The average Bonchev–Trinajstić information content (AvgIpc) is 3.06. The first kappa shape index (κ1) is 14.0. The monoisotopic (exact) mass is 290 g/mol. The first-order valence-corrected chi connectivity index (χ1v) is 6.90. The molecule has 0 atom stereocenters. The van der Waals surface area contributed by atoms with E-state index in [0.29, 0.717) is 37.4 Å². The van der Waals surface area contributed by atoms with Crippen LogP contribution in [0.15, 0.2) is 22.9 Å². The lowest BCUT2D eigenvalue weighted by Gasteiger charge is -2.32. The Hall–Kier alpha value is -1.99. The molecule has 0 bridgehead atoms. The summed E-state index contributed by atoms with van der Waals surface area (Å²) in [5.74, 6) is 1.64. The molecule has 3 heterocycles. The van der Waals surface area contributed by atoms with Crippen LogP contribution in [0.2, 0.25) is 0 Å². The SMILES string of the molecule is COc1ccc(-c2noc(C3(CN)CCOCC3)n2)cn1. The number of hydrogen-bond donors (Lipinski definition) is 1. The van der Waals surface area contributed by atoms with E-state index >= 15 is 0 Å². The van der Waals surface area contributed by atoms with Crippen molar-refractivity contribution in [3.05, 3.63) is 24.2 Å². The first-order valence-electron chi connectivity index (χ1n) is 6.90. The van der Waals surface area contributed by atoms with Crippen LogP contribution >= 0.6 is 0 Å². The van der Waals surface area contributed by atoms with Gasteiger partial charge in [-0.3, -0.25) is 0 Å². The van der Waals surface area contributed by atoms with Crippen LogP contribution in [0.4, 0.5) is 0 Å². The van der Waals surface area contributed by atoms with Crippen LogP contribution in [-0.4, -0.2) is 42.0 Å². The van der Waals surface area contributed by atoms with Gasteiger partial charge >= 0.3 is 0 Å². The molecule has 1 aliphatic rings. The molecule has 1 aliphatic heterocycles. The van der Waals surface area contributed by atoms with Crippen LogP contribution in [0, 0.1) is 0 Å². The van der Waals surface area contributed by atoms with E-state index < -0.39 is 0 Å². The highest BCUT2D eigenvalue weighted by Crippen LogP contribution is 2.33. The zero-order valence-electron chi connectivity index (χ0n) is 11.9. The largest absolute Gasteiger partial charge is 0.481 e. The predicted octanol–water partition coefficient (Wildman–Crippen LogP) is 1.15. The molecular weight excluding hydrogens is 272 g/mol. The van der Waals surface area contributed by atoms with Crippen LogP contribution in [0.5, 0.6) is 5.88 Å². The van der Waals surface area contributed by atoms with E-state index in [4.69, 9.17) is 19.7 Å². The Kier molecular flexibility index (Phi) is 3.85. The van der Waals surface area contributed by atoms with Crippen molar-refractivity contribution in [2.24, 2.45) is 5.73 Å². The second kappa shape index (κ2) is 5.79. The number of nitrogens with zero attached hydrogens (tertiary/aromatic N) is 3. The number of aromatic nitrogens is 3. The lowest BCUT2D eigenvalue weighted by atomic mass is 9.80. The summed E-state index contributed by atoms with van der Waals surface area (Å²) in [6.07, 6.45) is 3.25. The van der Waals surface area contributed by atoms with E-state index in [0.717, 1.165) is 18.4 Å². The molecule has 0 aromatic carbocycles. The first-order chi connectivity index (χ1) is 10.3. The highest BCUT2D eigenvalue weighted by Gasteiger charge is 2.38. The zero-order chi connectivity index (χ0) is 14.7. The van der Waals surface area contributed by atoms with Crippen molar-refractivity contribution in [3.63, 3.8) is 0 Å². The van der Waals surface area contributed by atoms with Crippen molar-refractivity contribution >= 4 is 0 Å². The number of pyridine rings is 1. The Morgan fingerprint density at radius 2 is 2.14 bits per heavy atom. The highest BCUT2D eigenvalue weighted by atomic mass is 16.5. The van der Waals surface area contributed by atoms with Gasteiger partial charge in [-0.05, 0) is 18.9 Å². The molecule has 0 radical (unpaired) electrons. The standard InChI is InChI=1S/C14H18N4O3/c1-19-11-3-2-10(8-16-11)12-17-13(21-18-12)14(9-15)4-6-20-7-5-14/h2-3,8H,4-7,9,15H2,1H3. The van der Waals surface area contributed by atoms with Crippen molar-refractivity contribution in [2.75, 3.05) is 26.9 Å². The van der Waals surface area contributed by atoms with Gasteiger partial charge in [0.15, 0.2) is 0 Å². The highest BCUT2D eigenvalue weighted by molar-refractivity contribution is 5.53. The maximum atomic E-state index is 5.94. The maximum absolute atomic E-state index is 5.94. The van der Waals surface area contributed by atoms with Gasteiger partial charge in [0.2, 0.25) is 17.6 Å². The van der Waals surface area contributed by atoms with Gasteiger partial charge in [0.25, 0.3) is 0 Å². The van der Waals surface area contributed by atoms with Crippen molar-refractivity contribution in [2.45, 2.75) is 18.3 Å². The van der Waals surface area contributed by atoms with Gasteiger partial charge in [0.1, 0.15) is 0 Å². The third-order valence-corrected chi connectivity index (χ3v) is 3.92. The second-order valence-electron chi connectivity index (χ2n) is 5.11. The Morgan fingerprint density at radius 3 is 2.76 bits per heavy atom. The van der Waals surface area contributed by atoms with Crippen molar-refractivity contribution in [1.82, 2.24) is 15.1 Å². The topological polar surface area (TPSA) is 96.3 Å². The molecule has 2 N–H and O–H groups in total. The summed E-state index contributed by atoms with van der Waals surface area (Å²) in [6, 6.07) is 3.61. The molecule has 1 saturated heterocycles. The molecule has 0 aliphatic carbocycles. The second-order valence-corrected chi connectivity index (χ2v) is 5.11. The number of methoxy groups -OCH3 is 1. The van der Waals surface area contributed by atoms with E-state index in [9.17, 15) is 0 Å². The van der Waals surface area contributed by atoms with Crippen LogP contribution in [-0.2, 0) is 10.2 Å². The van der Waals surface area contributed by atoms with Gasteiger partial charge in [-0.2, -0.15) is 4.98 Å². The van der Waals surface area contributed by atoms with Crippen molar-refractivity contribution < 1.29 is 14.0 Å². The normalized spacial score (nSPS) is 17.6. The van der Waals surface area contributed by atoms with E-state index in [1.54, 1.807) is 19.4 Å². The number of hydrogen-bond acceptors (Lipinski definition) is 7. The minimum atomic E-state index is -0.274. The zero-order valence-corrected chi connectivity index (χ0v) is 11.9. The summed E-state index contributed by atoms with van der Waals surface area (Å²) in [5.41, 5.74) is 6.45. The van der Waals surface area contributed by atoms with Crippen LogP contribution < -0.4 is 10.5 Å². The quantitative estimate of drug-likeness (QED) is 0.902. The van der Waals surface area contributed by atoms with Crippen LogP contribution in [0.3, 0.4) is 0 Å². The molecular formula is C14H18N4O3. The molecule has 7 nitrogen and oxygen atoms in total. The Balaban J connectivity index is 1.87. The van der Waals surface area contributed by atoms with E-state index in [1.807, 2.05) is 6.07 Å². The summed E-state index contributed by atoms with van der Waals surface area (Å²) >= 11 is 0. The predicted molar refractivity (Wildman–Crippen MR) is 74.9 cm³/mol.